The van der Waals surface area contributed by atoms with Crippen LogP contribution in [-0.2, 0) is 18.3 Å². The number of alkyl carbamates (subject to hydrolysis) is 1. The number of ether oxygens (including phenoxy) is 2. The minimum atomic E-state index is -0.531. The molecule has 0 radical (unpaired) electrons. The highest BCUT2D eigenvalue weighted by molar-refractivity contribution is 5.80. The van der Waals surface area contributed by atoms with Crippen molar-refractivity contribution in [2.45, 2.75) is 52.3 Å². The number of carbonyl (C=O) groups is 1. The van der Waals surface area contributed by atoms with Gasteiger partial charge in [0, 0.05) is 32.1 Å². The van der Waals surface area contributed by atoms with Gasteiger partial charge in [-0.2, -0.15) is 0 Å². The highest BCUT2D eigenvalue weighted by Gasteiger charge is 2.22. The Morgan fingerprint density at radius 2 is 2.00 bits per heavy atom. The number of aromatic nitrogens is 3. The van der Waals surface area contributed by atoms with Gasteiger partial charge in [0.1, 0.15) is 23.7 Å². The molecule has 0 fully saturated rings. The van der Waals surface area contributed by atoms with Gasteiger partial charge >= 0.3 is 6.09 Å². The second kappa shape index (κ2) is 10.3. The summed E-state index contributed by atoms with van der Waals surface area (Å²) in [4.78, 5) is 16.6. The molecule has 0 aliphatic carbocycles. The van der Waals surface area contributed by atoms with Gasteiger partial charge in [-0.1, -0.05) is 18.2 Å². The number of aliphatic imine (C=N–C) groups is 1. The third-order valence-electron chi connectivity index (χ3n) is 4.92. The first kappa shape index (κ1) is 23.4. The summed E-state index contributed by atoms with van der Waals surface area (Å²) in [6.45, 7) is 9.27. The van der Waals surface area contributed by atoms with Crippen molar-refractivity contribution in [3.63, 3.8) is 0 Å². The van der Waals surface area contributed by atoms with Crippen molar-refractivity contribution < 1.29 is 14.3 Å². The van der Waals surface area contributed by atoms with Crippen LogP contribution in [-0.4, -0.2) is 52.1 Å². The Hall–Kier alpha value is -3.30. The number of fused-ring (bicyclic) bond motifs is 1. The normalized spacial score (nSPS) is 16.0. The summed E-state index contributed by atoms with van der Waals surface area (Å²) in [6, 6.07) is 8.05. The fourth-order valence-corrected chi connectivity index (χ4v) is 3.21. The summed E-state index contributed by atoms with van der Waals surface area (Å²) in [6.07, 6.45) is 0.371. The number of aryl methyl sites for hydroxylation is 1. The zero-order valence-electron chi connectivity index (χ0n) is 19.4. The van der Waals surface area contributed by atoms with Gasteiger partial charge in [0.15, 0.2) is 11.8 Å². The summed E-state index contributed by atoms with van der Waals surface area (Å²) >= 11 is 0. The summed E-state index contributed by atoms with van der Waals surface area (Å²) in [5.41, 5.74) is 0.561. The number of rotatable bonds is 6. The molecular weight excluding hydrogens is 410 g/mol. The molecule has 1 aromatic heterocycles. The Balaban J connectivity index is 1.64. The van der Waals surface area contributed by atoms with Crippen molar-refractivity contribution in [2.75, 3.05) is 19.7 Å². The van der Waals surface area contributed by atoms with Crippen LogP contribution < -0.4 is 20.7 Å². The van der Waals surface area contributed by atoms with Gasteiger partial charge in [0.2, 0.25) is 0 Å². The van der Waals surface area contributed by atoms with Gasteiger partial charge in [0.05, 0.1) is 12.6 Å². The molecule has 0 spiro atoms. The van der Waals surface area contributed by atoms with E-state index < -0.39 is 11.7 Å². The monoisotopic (exact) mass is 443 g/mol. The molecule has 1 atom stereocenters. The van der Waals surface area contributed by atoms with E-state index in [9.17, 15) is 4.79 Å². The van der Waals surface area contributed by atoms with Crippen LogP contribution in [0.4, 0.5) is 4.79 Å². The largest absolute Gasteiger partial charge is 0.493 e. The Bertz CT molecular complexity index is 949. The number of carbonyl (C=O) groups excluding carboxylic acids is 1. The highest BCUT2D eigenvalue weighted by Crippen LogP contribution is 2.31. The first-order valence-electron chi connectivity index (χ1n) is 10.8. The summed E-state index contributed by atoms with van der Waals surface area (Å²) in [5, 5.41) is 17.8. The van der Waals surface area contributed by atoms with Crippen molar-refractivity contribution in [2.24, 2.45) is 12.0 Å². The van der Waals surface area contributed by atoms with Crippen LogP contribution >= 0.6 is 0 Å². The molecule has 2 aromatic rings. The Morgan fingerprint density at radius 1 is 1.25 bits per heavy atom. The van der Waals surface area contributed by atoms with Crippen LogP contribution in [0, 0.1) is 6.92 Å². The molecule has 10 heteroatoms. The predicted octanol–water partition coefficient (Wildman–Crippen LogP) is 2.21. The van der Waals surface area contributed by atoms with E-state index in [0.717, 1.165) is 29.4 Å². The number of nitrogens with zero attached hydrogens (tertiary/aromatic N) is 4. The van der Waals surface area contributed by atoms with Crippen LogP contribution in [0.25, 0.3) is 0 Å². The lowest BCUT2D eigenvalue weighted by molar-refractivity contribution is 0.0529. The van der Waals surface area contributed by atoms with Gasteiger partial charge in [-0.3, -0.25) is 0 Å². The molecule has 2 heterocycles. The smallest absolute Gasteiger partial charge is 0.407 e. The number of guanidine groups is 1. The van der Waals surface area contributed by atoms with Gasteiger partial charge in [-0.25, -0.2) is 9.79 Å². The third-order valence-corrected chi connectivity index (χ3v) is 4.92. The van der Waals surface area contributed by atoms with Crippen LogP contribution in [0.1, 0.15) is 50.4 Å². The zero-order chi connectivity index (χ0) is 23.1. The molecule has 0 saturated heterocycles. The van der Waals surface area contributed by atoms with E-state index in [1.165, 1.54) is 0 Å². The summed E-state index contributed by atoms with van der Waals surface area (Å²) in [7, 11) is 1.92. The maximum Gasteiger partial charge on any atom is 0.407 e. The molecule has 1 aromatic carbocycles. The molecule has 3 rings (SSSR count). The number of hydrogen-bond acceptors (Lipinski definition) is 6. The van der Waals surface area contributed by atoms with Crippen molar-refractivity contribution in [1.29, 1.82) is 0 Å². The fraction of sp³-hybridized carbons (Fsp3) is 0.545. The van der Waals surface area contributed by atoms with Gasteiger partial charge in [-0.05, 0) is 33.8 Å². The molecule has 1 aliphatic heterocycles. The summed E-state index contributed by atoms with van der Waals surface area (Å²) < 4.78 is 12.9. The van der Waals surface area contributed by atoms with E-state index in [4.69, 9.17) is 14.5 Å². The van der Waals surface area contributed by atoms with Crippen LogP contribution in [0.15, 0.2) is 29.3 Å². The summed E-state index contributed by atoms with van der Waals surface area (Å²) in [5.74, 6) is 3.10. The lowest BCUT2D eigenvalue weighted by atomic mass is 10.0. The van der Waals surface area contributed by atoms with E-state index >= 15 is 0 Å². The van der Waals surface area contributed by atoms with Gasteiger partial charge in [-0.15, -0.1) is 10.2 Å². The molecule has 0 saturated carbocycles. The average molecular weight is 444 g/mol. The van der Waals surface area contributed by atoms with Gasteiger partial charge in [0.25, 0.3) is 0 Å². The maximum atomic E-state index is 11.9. The molecule has 0 bridgehead atoms. The SMILES string of the molecule is Cc1nnc(CN=C(NCCNC(=O)OC(C)(C)C)NC2CCOc3ccccc32)n1C. The van der Waals surface area contributed by atoms with Gasteiger partial charge < -0.3 is 30.0 Å². The maximum absolute atomic E-state index is 11.9. The molecule has 1 unspecified atom stereocenters. The standard InChI is InChI=1S/C22H33N7O3/c1-15-27-28-19(29(15)5)14-25-20(23-11-12-24-21(30)32-22(2,3)4)26-17-10-13-31-18-9-7-6-8-16(17)18/h6-9,17H,10-14H2,1-5H3,(H,24,30)(H2,23,25,26). The topological polar surface area (TPSA) is 115 Å². The van der Waals surface area contributed by atoms with Crippen LogP contribution in [0.2, 0.25) is 0 Å². The molecule has 174 valence electrons. The Kier molecular flexibility index (Phi) is 7.55. The number of nitrogens with one attached hydrogen (secondary N) is 3. The predicted molar refractivity (Wildman–Crippen MR) is 122 cm³/mol. The number of hydrogen-bond donors (Lipinski definition) is 3. The first-order valence-corrected chi connectivity index (χ1v) is 10.8. The Morgan fingerprint density at radius 3 is 2.72 bits per heavy atom. The first-order chi connectivity index (χ1) is 15.2. The molecule has 32 heavy (non-hydrogen) atoms. The van der Waals surface area contributed by atoms with Crippen molar-refractivity contribution in [1.82, 2.24) is 30.7 Å². The quantitative estimate of drug-likeness (QED) is 0.356. The lowest BCUT2D eigenvalue weighted by Gasteiger charge is -2.28. The average Bonchev–Trinajstić information content (AvgIpc) is 3.06. The van der Waals surface area contributed by atoms with Crippen LogP contribution in [0.5, 0.6) is 5.75 Å². The van der Waals surface area contributed by atoms with E-state index in [1.807, 2.05) is 57.5 Å². The van der Waals surface area contributed by atoms with Crippen molar-refractivity contribution in [3.05, 3.63) is 41.5 Å². The number of amides is 1. The molecule has 10 nitrogen and oxygen atoms in total. The van der Waals surface area contributed by atoms with Crippen LogP contribution in [0.3, 0.4) is 0 Å². The van der Waals surface area contributed by atoms with Crippen molar-refractivity contribution >= 4 is 12.1 Å². The lowest BCUT2D eigenvalue weighted by Crippen LogP contribution is -2.44. The molecule has 1 amide bonds. The highest BCUT2D eigenvalue weighted by atomic mass is 16.6. The minimum absolute atomic E-state index is 0.0613. The van der Waals surface area contributed by atoms with E-state index in [-0.39, 0.29) is 6.04 Å². The second-order valence-electron chi connectivity index (χ2n) is 8.61. The minimum Gasteiger partial charge on any atom is -0.493 e. The van der Waals surface area contributed by atoms with E-state index in [0.29, 0.717) is 32.2 Å². The van der Waals surface area contributed by atoms with Crippen molar-refractivity contribution in [3.8, 4) is 5.75 Å². The van der Waals surface area contributed by atoms with E-state index in [1.54, 1.807) is 0 Å². The third kappa shape index (κ3) is 6.60. The van der Waals surface area contributed by atoms with E-state index in [2.05, 4.69) is 32.2 Å². The second-order valence-corrected chi connectivity index (χ2v) is 8.61. The fourth-order valence-electron chi connectivity index (χ4n) is 3.21. The molecule has 3 N–H and O–H groups in total. The molecular formula is C22H33N7O3. The number of benzene rings is 1. The zero-order valence-corrected chi connectivity index (χ0v) is 19.4. The number of para-hydroxylation sites is 1. The Labute approximate surface area is 188 Å². The molecule has 1 aliphatic rings.